The van der Waals surface area contributed by atoms with E-state index in [2.05, 4.69) is 40.7 Å². The maximum absolute atomic E-state index is 5.95. The Balaban J connectivity index is 1.87. The average molecular weight is 400 g/mol. The van der Waals surface area contributed by atoms with Crippen LogP contribution in [0.3, 0.4) is 0 Å². The number of benzene rings is 2. The van der Waals surface area contributed by atoms with E-state index in [9.17, 15) is 0 Å². The molecule has 2 rings (SSSR count). The van der Waals surface area contributed by atoms with Gasteiger partial charge in [0.1, 0.15) is 18.1 Å². The van der Waals surface area contributed by atoms with Gasteiger partial charge >= 0.3 is 0 Å². The van der Waals surface area contributed by atoms with E-state index in [0.29, 0.717) is 26.3 Å². The molecule has 0 aliphatic carbocycles. The molecule has 6 nitrogen and oxygen atoms in total. The van der Waals surface area contributed by atoms with Crippen molar-refractivity contribution in [1.82, 2.24) is 10.6 Å². The summed E-state index contributed by atoms with van der Waals surface area (Å²) in [7, 11) is 3.43. The Morgan fingerprint density at radius 1 is 1.00 bits per heavy atom. The molecule has 0 fully saturated rings. The molecule has 0 aromatic heterocycles. The quantitative estimate of drug-likeness (QED) is 0.363. The number of hydrogen-bond acceptors (Lipinski definition) is 4. The van der Waals surface area contributed by atoms with Crippen LogP contribution in [0.2, 0.25) is 0 Å². The van der Waals surface area contributed by atoms with Crippen LogP contribution in [0.25, 0.3) is 0 Å². The molecule has 0 aliphatic rings. The van der Waals surface area contributed by atoms with Crippen molar-refractivity contribution < 1.29 is 14.2 Å². The third-order valence-corrected chi connectivity index (χ3v) is 4.19. The van der Waals surface area contributed by atoms with Crippen molar-refractivity contribution >= 4 is 5.96 Å². The summed E-state index contributed by atoms with van der Waals surface area (Å²) < 4.78 is 16.5. The number of rotatable bonds is 10. The Kier molecular flexibility index (Phi) is 9.31. The molecular weight excluding hydrogens is 366 g/mol. The van der Waals surface area contributed by atoms with Crippen molar-refractivity contribution in [2.24, 2.45) is 4.99 Å². The highest BCUT2D eigenvalue weighted by Gasteiger charge is 2.07. The first kappa shape index (κ1) is 22.6. The summed E-state index contributed by atoms with van der Waals surface area (Å²) in [6.07, 6.45) is 0.134. The Labute approximate surface area is 174 Å². The van der Waals surface area contributed by atoms with Gasteiger partial charge in [0.05, 0.1) is 12.7 Å². The van der Waals surface area contributed by atoms with Crippen LogP contribution in [0, 0.1) is 6.92 Å². The largest absolute Gasteiger partial charge is 0.491 e. The maximum Gasteiger partial charge on any atom is 0.191 e. The lowest BCUT2D eigenvalue weighted by Gasteiger charge is -2.17. The predicted molar refractivity (Wildman–Crippen MR) is 118 cm³/mol. The maximum atomic E-state index is 5.95. The molecule has 2 aromatic rings. The first-order valence-electron chi connectivity index (χ1n) is 9.93. The predicted octanol–water partition coefficient (Wildman–Crippen LogP) is 3.67. The fraction of sp³-hybridized carbons (Fsp3) is 0.435. The molecule has 0 spiro atoms. The summed E-state index contributed by atoms with van der Waals surface area (Å²) in [5.41, 5.74) is 3.43. The fourth-order valence-corrected chi connectivity index (χ4v) is 2.70. The number of methoxy groups -OCH3 is 1. The lowest BCUT2D eigenvalue weighted by Crippen LogP contribution is -2.36. The molecule has 0 saturated carbocycles. The molecule has 6 heteroatoms. The molecule has 0 saturated heterocycles. The van der Waals surface area contributed by atoms with Gasteiger partial charge in [0.2, 0.25) is 0 Å². The lowest BCUT2D eigenvalue weighted by molar-refractivity contribution is 0.146. The van der Waals surface area contributed by atoms with Gasteiger partial charge in [-0.15, -0.1) is 0 Å². The van der Waals surface area contributed by atoms with Gasteiger partial charge in [-0.1, -0.05) is 24.3 Å². The molecule has 0 atom stereocenters. The summed E-state index contributed by atoms with van der Waals surface area (Å²) in [4.78, 5) is 4.31. The number of nitrogens with one attached hydrogen (secondary N) is 2. The number of aliphatic imine (C=N–C) groups is 1. The summed E-state index contributed by atoms with van der Waals surface area (Å²) in [6, 6.07) is 14.3. The van der Waals surface area contributed by atoms with Crippen LogP contribution >= 0.6 is 0 Å². The van der Waals surface area contributed by atoms with E-state index in [-0.39, 0.29) is 6.10 Å². The monoisotopic (exact) mass is 399 g/mol. The minimum atomic E-state index is 0.134. The van der Waals surface area contributed by atoms with Crippen molar-refractivity contribution in [3.05, 3.63) is 59.2 Å². The van der Waals surface area contributed by atoms with Gasteiger partial charge in [0, 0.05) is 32.8 Å². The lowest BCUT2D eigenvalue weighted by atomic mass is 10.1. The van der Waals surface area contributed by atoms with Crippen LogP contribution in [0.4, 0.5) is 0 Å². The minimum absolute atomic E-state index is 0.134. The molecule has 2 aromatic carbocycles. The second-order valence-corrected chi connectivity index (χ2v) is 7.04. The summed E-state index contributed by atoms with van der Waals surface area (Å²) in [5.74, 6) is 2.49. The Hall–Kier alpha value is -2.73. The second-order valence-electron chi connectivity index (χ2n) is 7.04. The van der Waals surface area contributed by atoms with E-state index in [0.717, 1.165) is 28.6 Å². The molecule has 158 valence electrons. The number of ether oxygens (including phenoxy) is 3. The van der Waals surface area contributed by atoms with E-state index in [1.165, 1.54) is 5.56 Å². The van der Waals surface area contributed by atoms with Crippen LogP contribution in [0.15, 0.2) is 47.5 Å². The van der Waals surface area contributed by atoms with Crippen molar-refractivity contribution in [3.8, 4) is 11.5 Å². The van der Waals surface area contributed by atoms with E-state index < -0.39 is 0 Å². The van der Waals surface area contributed by atoms with Crippen LogP contribution < -0.4 is 20.1 Å². The first-order chi connectivity index (χ1) is 14.0. The molecular formula is C23H33N3O3. The molecule has 0 heterocycles. The fourth-order valence-electron chi connectivity index (χ4n) is 2.70. The molecule has 2 N–H and O–H groups in total. The molecule has 0 amide bonds. The van der Waals surface area contributed by atoms with Crippen LogP contribution in [-0.4, -0.2) is 39.4 Å². The normalized spacial score (nSPS) is 11.4. The van der Waals surface area contributed by atoms with Crippen molar-refractivity contribution in [2.75, 3.05) is 27.4 Å². The Bertz CT molecular complexity index is 773. The average Bonchev–Trinajstić information content (AvgIpc) is 2.70. The van der Waals surface area contributed by atoms with Gasteiger partial charge in [-0.05, 0) is 50.1 Å². The molecule has 0 unspecified atom stereocenters. The van der Waals surface area contributed by atoms with Crippen molar-refractivity contribution in [1.29, 1.82) is 0 Å². The summed E-state index contributed by atoms with van der Waals surface area (Å²) in [5, 5.41) is 6.69. The number of nitrogens with zero attached hydrogens (tertiary/aromatic N) is 1. The standard InChI is InChI=1S/C23H33N3O3/c1-17(2)29-22-14-18(3)6-9-20(22)16-26-23(24-4)25-15-19-7-10-21(11-8-19)28-13-12-27-5/h6-11,14,17H,12-13,15-16H2,1-5H3,(H2,24,25,26). The highest BCUT2D eigenvalue weighted by molar-refractivity contribution is 5.79. The van der Waals surface area contributed by atoms with Gasteiger partial charge in [-0.2, -0.15) is 0 Å². The smallest absolute Gasteiger partial charge is 0.191 e. The van der Waals surface area contributed by atoms with Gasteiger partial charge in [0.15, 0.2) is 5.96 Å². The topological polar surface area (TPSA) is 64.1 Å². The van der Waals surface area contributed by atoms with Gasteiger partial charge < -0.3 is 24.8 Å². The number of aryl methyl sites for hydroxylation is 1. The highest BCUT2D eigenvalue weighted by atomic mass is 16.5. The zero-order valence-corrected chi connectivity index (χ0v) is 18.1. The third kappa shape index (κ3) is 8.03. The van der Waals surface area contributed by atoms with Gasteiger partial charge in [-0.3, -0.25) is 4.99 Å². The second kappa shape index (κ2) is 12.0. The van der Waals surface area contributed by atoms with Crippen LogP contribution in [0.1, 0.15) is 30.5 Å². The van der Waals surface area contributed by atoms with Crippen LogP contribution in [0.5, 0.6) is 11.5 Å². The number of guanidine groups is 1. The SMILES string of the molecule is CN=C(NCc1ccc(OCCOC)cc1)NCc1ccc(C)cc1OC(C)C. The van der Waals surface area contributed by atoms with E-state index >= 15 is 0 Å². The Morgan fingerprint density at radius 2 is 1.72 bits per heavy atom. The van der Waals surface area contributed by atoms with E-state index in [4.69, 9.17) is 14.2 Å². The molecule has 29 heavy (non-hydrogen) atoms. The first-order valence-corrected chi connectivity index (χ1v) is 9.93. The summed E-state index contributed by atoms with van der Waals surface area (Å²) in [6.45, 7) is 8.57. The van der Waals surface area contributed by atoms with Gasteiger partial charge in [-0.25, -0.2) is 0 Å². The molecule has 0 bridgehead atoms. The highest BCUT2D eigenvalue weighted by Crippen LogP contribution is 2.21. The summed E-state index contributed by atoms with van der Waals surface area (Å²) >= 11 is 0. The third-order valence-electron chi connectivity index (χ3n) is 4.19. The zero-order chi connectivity index (χ0) is 21.1. The minimum Gasteiger partial charge on any atom is -0.491 e. The van der Waals surface area contributed by atoms with E-state index in [1.807, 2.05) is 38.1 Å². The Morgan fingerprint density at radius 3 is 2.38 bits per heavy atom. The number of hydrogen-bond donors (Lipinski definition) is 2. The molecule has 0 radical (unpaired) electrons. The van der Waals surface area contributed by atoms with E-state index in [1.54, 1.807) is 14.2 Å². The van der Waals surface area contributed by atoms with Crippen LogP contribution in [-0.2, 0) is 17.8 Å². The zero-order valence-electron chi connectivity index (χ0n) is 18.1. The van der Waals surface area contributed by atoms with Crippen molar-refractivity contribution in [2.45, 2.75) is 40.0 Å². The van der Waals surface area contributed by atoms with Gasteiger partial charge in [0.25, 0.3) is 0 Å². The molecule has 0 aliphatic heterocycles. The van der Waals surface area contributed by atoms with Crippen molar-refractivity contribution in [3.63, 3.8) is 0 Å².